The number of benzene rings is 2. The van der Waals surface area contributed by atoms with Crippen molar-refractivity contribution in [3.05, 3.63) is 59.1 Å². The molecule has 5 nitrogen and oxygen atoms in total. The lowest BCUT2D eigenvalue weighted by Gasteiger charge is -2.29. The van der Waals surface area contributed by atoms with Crippen molar-refractivity contribution in [2.75, 3.05) is 38.7 Å². The fourth-order valence-corrected chi connectivity index (χ4v) is 3.14. The molecule has 2 aromatic carbocycles. The van der Waals surface area contributed by atoms with Crippen molar-refractivity contribution in [1.29, 1.82) is 0 Å². The molecule has 1 unspecified atom stereocenters. The number of ether oxygens (including phenoxy) is 2. The Morgan fingerprint density at radius 1 is 1.19 bits per heavy atom. The van der Waals surface area contributed by atoms with Crippen molar-refractivity contribution in [2.45, 2.75) is 12.5 Å². The number of nitrogens with zero attached hydrogens (tertiary/aromatic N) is 1. The van der Waals surface area contributed by atoms with Crippen LogP contribution in [0, 0.1) is 0 Å². The summed E-state index contributed by atoms with van der Waals surface area (Å²) in [6, 6.07) is 15.1. The van der Waals surface area contributed by atoms with Gasteiger partial charge in [0, 0.05) is 18.1 Å². The van der Waals surface area contributed by atoms with Crippen LogP contribution in [0.3, 0.4) is 0 Å². The molecule has 3 rings (SSSR count). The fraction of sp³-hybridized carbons (Fsp3) is 0.350. The normalized spacial score (nSPS) is 15.4. The van der Waals surface area contributed by atoms with Gasteiger partial charge in [0.25, 0.3) is 0 Å². The molecule has 1 amide bonds. The van der Waals surface area contributed by atoms with E-state index in [1.807, 2.05) is 53.4 Å². The van der Waals surface area contributed by atoms with E-state index >= 15 is 0 Å². The summed E-state index contributed by atoms with van der Waals surface area (Å²) in [5, 5.41) is 4.13. The van der Waals surface area contributed by atoms with Gasteiger partial charge < -0.3 is 19.7 Å². The predicted octanol–water partition coefficient (Wildman–Crippen LogP) is 3.75. The van der Waals surface area contributed by atoms with Crippen LogP contribution in [-0.2, 0) is 9.53 Å². The number of morpholine rings is 1. The Hall–Kier alpha value is -2.24. The van der Waals surface area contributed by atoms with Crippen LogP contribution < -0.4 is 10.1 Å². The maximum atomic E-state index is 12.8. The number of rotatable bonds is 6. The Bertz CT molecular complexity index is 730. The first-order chi connectivity index (χ1) is 12.7. The molecule has 0 aliphatic carbocycles. The quantitative estimate of drug-likeness (QED) is 0.836. The molecule has 1 aliphatic rings. The molecule has 26 heavy (non-hydrogen) atoms. The first-order valence-electron chi connectivity index (χ1n) is 8.68. The lowest BCUT2D eigenvalue weighted by Crippen LogP contribution is -2.41. The Balaban J connectivity index is 1.81. The summed E-state index contributed by atoms with van der Waals surface area (Å²) < 4.78 is 10.8. The largest absolute Gasteiger partial charge is 0.495 e. The second-order valence-corrected chi connectivity index (χ2v) is 6.58. The maximum Gasteiger partial charge on any atom is 0.225 e. The van der Waals surface area contributed by atoms with E-state index in [1.165, 1.54) is 0 Å². The average molecular weight is 375 g/mol. The number of para-hydroxylation sites is 2. The van der Waals surface area contributed by atoms with Crippen LogP contribution >= 0.6 is 11.6 Å². The monoisotopic (exact) mass is 374 g/mol. The molecule has 2 aromatic rings. The van der Waals surface area contributed by atoms with E-state index in [-0.39, 0.29) is 11.9 Å². The van der Waals surface area contributed by atoms with Gasteiger partial charge in [-0.05, 0) is 29.8 Å². The molecule has 1 fully saturated rings. The maximum absolute atomic E-state index is 12.8. The minimum absolute atomic E-state index is 0.107. The molecule has 0 spiro atoms. The van der Waals surface area contributed by atoms with E-state index in [4.69, 9.17) is 21.1 Å². The molecule has 0 aromatic heterocycles. The molecule has 0 saturated carbocycles. The van der Waals surface area contributed by atoms with Gasteiger partial charge in [-0.2, -0.15) is 0 Å². The Morgan fingerprint density at radius 2 is 1.88 bits per heavy atom. The summed E-state index contributed by atoms with van der Waals surface area (Å²) >= 11 is 6.02. The molecular formula is C20H23ClN2O3. The number of hydrogen-bond acceptors (Lipinski definition) is 4. The van der Waals surface area contributed by atoms with Gasteiger partial charge in [-0.25, -0.2) is 0 Å². The van der Waals surface area contributed by atoms with Gasteiger partial charge in [-0.15, -0.1) is 0 Å². The van der Waals surface area contributed by atoms with Gasteiger partial charge in [0.05, 0.1) is 38.5 Å². The van der Waals surface area contributed by atoms with Crippen molar-refractivity contribution < 1.29 is 14.3 Å². The van der Waals surface area contributed by atoms with E-state index in [9.17, 15) is 4.79 Å². The summed E-state index contributed by atoms with van der Waals surface area (Å²) in [6.07, 6.45) is 0.347. The molecular weight excluding hydrogens is 352 g/mol. The summed E-state index contributed by atoms with van der Waals surface area (Å²) in [4.78, 5) is 14.6. The zero-order valence-corrected chi connectivity index (χ0v) is 15.5. The van der Waals surface area contributed by atoms with Crippen LogP contribution in [0.5, 0.6) is 5.75 Å². The summed E-state index contributed by atoms with van der Waals surface area (Å²) in [6.45, 7) is 2.47. The topological polar surface area (TPSA) is 50.8 Å². The van der Waals surface area contributed by atoms with Crippen LogP contribution in [0.25, 0.3) is 0 Å². The predicted molar refractivity (Wildman–Crippen MR) is 103 cm³/mol. The lowest BCUT2D eigenvalue weighted by molar-refractivity contribution is -0.135. The summed E-state index contributed by atoms with van der Waals surface area (Å²) in [7, 11) is 1.64. The first kappa shape index (κ1) is 18.5. The third kappa shape index (κ3) is 4.68. The third-order valence-corrected chi connectivity index (χ3v) is 4.70. The van der Waals surface area contributed by atoms with Crippen LogP contribution in [0.15, 0.2) is 48.5 Å². The highest BCUT2D eigenvalue weighted by molar-refractivity contribution is 6.30. The molecule has 1 saturated heterocycles. The van der Waals surface area contributed by atoms with Crippen molar-refractivity contribution in [1.82, 2.24) is 4.90 Å². The second-order valence-electron chi connectivity index (χ2n) is 6.15. The number of carbonyl (C=O) groups is 1. The number of amides is 1. The number of carbonyl (C=O) groups excluding carboxylic acids is 1. The zero-order valence-electron chi connectivity index (χ0n) is 14.8. The number of hydrogen-bond donors (Lipinski definition) is 1. The third-order valence-electron chi connectivity index (χ3n) is 4.45. The highest BCUT2D eigenvalue weighted by Crippen LogP contribution is 2.30. The molecule has 1 aliphatic heterocycles. The van der Waals surface area contributed by atoms with Gasteiger partial charge in [-0.1, -0.05) is 35.9 Å². The Labute approximate surface area is 158 Å². The van der Waals surface area contributed by atoms with Gasteiger partial charge in [0.1, 0.15) is 5.75 Å². The minimum Gasteiger partial charge on any atom is -0.495 e. The lowest BCUT2D eigenvalue weighted by atomic mass is 10.0. The average Bonchev–Trinajstić information content (AvgIpc) is 2.69. The SMILES string of the molecule is COc1ccccc1NC(CC(=O)N1CCOCC1)c1ccc(Cl)cc1. The second kappa shape index (κ2) is 8.92. The molecule has 138 valence electrons. The number of anilines is 1. The number of methoxy groups -OCH3 is 1. The van der Waals surface area contributed by atoms with Gasteiger partial charge in [-0.3, -0.25) is 4.79 Å². The molecule has 0 radical (unpaired) electrons. The minimum atomic E-state index is -0.182. The van der Waals surface area contributed by atoms with Crippen molar-refractivity contribution in [2.24, 2.45) is 0 Å². The summed E-state index contributed by atoms with van der Waals surface area (Å²) in [5.74, 6) is 0.848. The fourth-order valence-electron chi connectivity index (χ4n) is 3.02. The number of nitrogens with one attached hydrogen (secondary N) is 1. The molecule has 6 heteroatoms. The van der Waals surface area contributed by atoms with Gasteiger partial charge in [0.2, 0.25) is 5.91 Å². The van der Waals surface area contributed by atoms with Gasteiger partial charge >= 0.3 is 0 Å². The highest BCUT2D eigenvalue weighted by Gasteiger charge is 2.23. The van der Waals surface area contributed by atoms with Crippen LogP contribution in [0.4, 0.5) is 5.69 Å². The molecule has 0 bridgehead atoms. The van der Waals surface area contributed by atoms with E-state index in [0.29, 0.717) is 37.7 Å². The van der Waals surface area contributed by atoms with Crippen molar-refractivity contribution >= 4 is 23.2 Å². The number of halogens is 1. The molecule has 1 N–H and O–H groups in total. The van der Waals surface area contributed by atoms with Crippen LogP contribution in [-0.4, -0.2) is 44.2 Å². The first-order valence-corrected chi connectivity index (χ1v) is 9.05. The smallest absolute Gasteiger partial charge is 0.225 e. The van der Waals surface area contributed by atoms with E-state index < -0.39 is 0 Å². The van der Waals surface area contributed by atoms with E-state index in [2.05, 4.69) is 5.32 Å². The van der Waals surface area contributed by atoms with E-state index in [0.717, 1.165) is 17.0 Å². The summed E-state index contributed by atoms with van der Waals surface area (Å²) in [5.41, 5.74) is 1.85. The van der Waals surface area contributed by atoms with Gasteiger partial charge in [0.15, 0.2) is 0 Å². The van der Waals surface area contributed by atoms with Crippen molar-refractivity contribution in [3.63, 3.8) is 0 Å². The molecule has 1 atom stereocenters. The van der Waals surface area contributed by atoms with Crippen LogP contribution in [0.2, 0.25) is 5.02 Å². The zero-order chi connectivity index (χ0) is 18.4. The van der Waals surface area contributed by atoms with Crippen molar-refractivity contribution in [3.8, 4) is 5.75 Å². The standard InChI is InChI=1S/C20H23ClN2O3/c1-25-19-5-3-2-4-17(19)22-18(15-6-8-16(21)9-7-15)14-20(24)23-10-12-26-13-11-23/h2-9,18,22H,10-14H2,1H3. The molecule has 1 heterocycles. The Kier molecular flexibility index (Phi) is 6.36. The Morgan fingerprint density at radius 3 is 2.58 bits per heavy atom. The highest BCUT2D eigenvalue weighted by atomic mass is 35.5. The van der Waals surface area contributed by atoms with E-state index in [1.54, 1.807) is 7.11 Å². The van der Waals surface area contributed by atoms with Crippen LogP contribution in [0.1, 0.15) is 18.0 Å².